The number of allylic oxidation sites excluding steroid dienone is 1. The van der Waals surface area contributed by atoms with E-state index in [1.165, 1.54) is 12.1 Å². The number of alkyl halides is 3. The minimum Gasteiger partial charge on any atom is -0.207 e. The highest BCUT2D eigenvalue weighted by Crippen LogP contribution is 2.39. The smallest absolute Gasteiger partial charge is 0.207 e. The van der Waals surface area contributed by atoms with Crippen LogP contribution < -0.4 is 0 Å². The molecule has 40 heavy (non-hydrogen) atoms. The molecule has 0 aliphatic carbocycles. The van der Waals surface area contributed by atoms with E-state index in [9.17, 15) is 22.0 Å². The molecule has 0 atom stereocenters. The quantitative estimate of drug-likeness (QED) is 0.146. The van der Waals surface area contributed by atoms with Crippen molar-refractivity contribution in [2.45, 2.75) is 19.0 Å². The first-order valence-electron chi connectivity index (χ1n) is 12.4. The molecule has 0 amide bonds. The molecular weight excluding hydrogens is 529 g/mol. The molecule has 5 aromatic rings. The molecule has 0 radical (unpaired) electrons. The SMILES string of the molecule is C=CCCc1ccc2c(F)c(-c3ccc(-c4cc(F)cc(F)c4-c4ccc(C(F)(F)F)cc4)c(F)c3)ccc2c1. The third kappa shape index (κ3) is 5.24. The number of halogens is 7. The Kier molecular flexibility index (Phi) is 7.23. The van der Waals surface area contributed by atoms with Gasteiger partial charge in [-0.05, 0) is 64.7 Å². The first-order chi connectivity index (χ1) is 19.1. The van der Waals surface area contributed by atoms with Crippen LogP contribution in [0.1, 0.15) is 17.5 Å². The van der Waals surface area contributed by atoms with Crippen molar-refractivity contribution < 1.29 is 30.7 Å². The number of fused-ring (bicyclic) bond motifs is 1. The van der Waals surface area contributed by atoms with Crippen LogP contribution in [0.5, 0.6) is 0 Å². The molecule has 0 unspecified atom stereocenters. The van der Waals surface area contributed by atoms with E-state index in [0.717, 1.165) is 54.8 Å². The van der Waals surface area contributed by atoms with E-state index in [4.69, 9.17) is 0 Å². The van der Waals surface area contributed by atoms with Gasteiger partial charge in [0.25, 0.3) is 0 Å². The molecule has 5 rings (SSSR count). The molecule has 0 saturated heterocycles. The van der Waals surface area contributed by atoms with Crippen LogP contribution >= 0.6 is 0 Å². The van der Waals surface area contributed by atoms with Crippen LogP contribution in [0, 0.1) is 23.3 Å². The van der Waals surface area contributed by atoms with Crippen LogP contribution in [0.3, 0.4) is 0 Å². The number of aryl methyl sites for hydroxylation is 1. The maximum absolute atomic E-state index is 15.5. The highest BCUT2D eigenvalue weighted by Gasteiger charge is 2.30. The molecule has 0 aliphatic rings. The van der Waals surface area contributed by atoms with Gasteiger partial charge in [-0.15, -0.1) is 6.58 Å². The Morgan fingerprint density at radius 1 is 0.650 bits per heavy atom. The summed E-state index contributed by atoms with van der Waals surface area (Å²) in [4.78, 5) is 0. The zero-order valence-electron chi connectivity index (χ0n) is 20.9. The fourth-order valence-corrected chi connectivity index (χ4v) is 4.79. The molecule has 0 nitrogen and oxygen atoms in total. The Hall–Kier alpha value is -4.39. The van der Waals surface area contributed by atoms with E-state index in [0.29, 0.717) is 16.8 Å². The molecule has 0 bridgehead atoms. The lowest BCUT2D eigenvalue weighted by atomic mass is 9.91. The maximum Gasteiger partial charge on any atom is 0.416 e. The summed E-state index contributed by atoms with van der Waals surface area (Å²) < 4.78 is 99.2. The zero-order valence-corrected chi connectivity index (χ0v) is 20.9. The molecule has 5 aromatic carbocycles. The molecular formula is C33H21F7. The number of hydrogen-bond acceptors (Lipinski definition) is 0. The van der Waals surface area contributed by atoms with Crippen LogP contribution in [0.25, 0.3) is 44.2 Å². The zero-order chi connectivity index (χ0) is 28.6. The molecule has 0 heterocycles. The standard InChI is InChI=1S/C33H21F7/c1-2-3-4-19-5-12-25-21(15-19)8-13-26(32(25)37)22-9-14-27(29(35)16-22)28-17-24(34)18-30(36)31(28)20-6-10-23(11-7-20)33(38,39)40/h2,5-18H,1,3-4H2. The summed E-state index contributed by atoms with van der Waals surface area (Å²) in [6, 6.07) is 17.5. The van der Waals surface area contributed by atoms with E-state index in [1.54, 1.807) is 24.3 Å². The van der Waals surface area contributed by atoms with Crippen LogP contribution in [0.4, 0.5) is 30.7 Å². The molecule has 0 saturated carbocycles. The van der Waals surface area contributed by atoms with Crippen molar-refractivity contribution in [3.8, 4) is 33.4 Å². The minimum atomic E-state index is -4.60. The minimum absolute atomic E-state index is 0.0111. The fraction of sp³-hybridized carbons (Fsp3) is 0.0909. The van der Waals surface area contributed by atoms with Crippen LogP contribution in [-0.2, 0) is 12.6 Å². The van der Waals surface area contributed by atoms with Crippen LogP contribution in [-0.4, -0.2) is 0 Å². The van der Waals surface area contributed by atoms with E-state index < -0.39 is 35.0 Å². The van der Waals surface area contributed by atoms with Crippen molar-refractivity contribution in [2.24, 2.45) is 0 Å². The number of hydrogen-bond donors (Lipinski definition) is 0. The number of rotatable bonds is 6. The molecule has 0 aromatic heterocycles. The Morgan fingerprint density at radius 2 is 1.35 bits per heavy atom. The first-order valence-corrected chi connectivity index (χ1v) is 12.4. The van der Waals surface area contributed by atoms with E-state index in [1.807, 2.05) is 12.1 Å². The van der Waals surface area contributed by atoms with Crippen LogP contribution in [0.15, 0.2) is 97.6 Å². The summed E-state index contributed by atoms with van der Waals surface area (Å²) in [5, 5.41) is 1.05. The summed E-state index contributed by atoms with van der Waals surface area (Å²) in [5.74, 6) is -3.47. The van der Waals surface area contributed by atoms with E-state index >= 15 is 8.78 Å². The van der Waals surface area contributed by atoms with Gasteiger partial charge in [-0.3, -0.25) is 0 Å². The summed E-state index contributed by atoms with van der Waals surface area (Å²) in [6.45, 7) is 3.70. The first kappa shape index (κ1) is 27.2. The topological polar surface area (TPSA) is 0 Å². The molecule has 7 heteroatoms. The van der Waals surface area contributed by atoms with Gasteiger partial charge in [0.1, 0.15) is 23.3 Å². The maximum atomic E-state index is 15.5. The summed E-state index contributed by atoms with van der Waals surface area (Å²) in [6.07, 6.45) is -1.24. The second kappa shape index (κ2) is 10.6. The molecule has 0 N–H and O–H groups in total. The van der Waals surface area contributed by atoms with Gasteiger partial charge in [0, 0.05) is 28.1 Å². The lowest BCUT2D eigenvalue weighted by Crippen LogP contribution is -2.04. The normalized spacial score (nSPS) is 11.7. The van der Waals surface area contributed by atoms with Gasteiger partial charge in [0.05, 0.1) is 5.56 Å². The average Bonchev–Trinajstić information content (AvgIpc) is 2.91. The Balaban J connectivity index is 1.56. The third-order valence-electron chi connectivity index (χ3n) is 6.78. The second-order valence-electron chi connectivity index (χ2n) is 9.39. The van der Waals surface area contributed by atoms with E-state index in [2.05, 4.69) is 6.58 Å². The van der Waals surface area contributed by atoms with Gasteiger partial charge in [-0.1, -0.05) is 60.7 Å². The van der Waals surface area contributed by atoms with Gasteiger partial charge in [0.15, 0.2) is 0 Å². The second-order valence-corrected chi connectivity index (χ2v) is 9.39. The lowest BCUT2D eigenvalue weighted by Gasteiger charge is -2.15. The fourth-order valence-electron chi connectivity index (χ4n) is 4.79. The molecule has 202 valence electrons. The molecule has 0 fully saturated rings. The summed E-state index contributed by atoms with van der Waals surface area (Å²) in [5.41, 5.74) is -0.183. The Morgan fingerprint density at radius 3 is 2.02 bits per heavy atom. The van der Waals surface area contributed by atoms with Crippen molar-refractivity contribution in [2.75, 3.05) is 0 Å². The van der Waals surface area contributed by atoms with Gasteiger partial charge in [-0.2, -0.15) is 13.2 Å². The average molecular weight is 551 g/mol. The van der Waals surface area contributed by atoms with Crippen molar-refractivity contribution >= 4 is 10.8 Å². The summed E-state index contributed by atoms with van der Waals surface area (Å²) >= 11 is 0. The predicted molar refractivity (Wildman–Crippen MR) is 144 cm³/mol. The highest BCUT2D eigenvalue weighted by molar-refractivity contribution is 5.90. The summed E-state index contributed by atoms with van der Waals surface area (Å²) in [7, 11) is 0. The third-order valence-corrected chi connectivity index (χ3v) is 6.78. The monoisotopic (exact) mass is 550 g/mol. The van der Waals surface area contributed by atoms with Gasteiger partial charge in [-0.25, -0.2) is 17.6 Å². The Bertz CT molecular complexity index is 1730. The molecule has 0 aliphatic heterocycles. The predicted octanol–water partition coefficient (Wildman–Crippen LogP) is 10.5. The van der Waals surface area contributed by atoms with Crippen molar-refractivity contribution in [1.82, 2.24) is 0 Å². The van der Waals surface area contributed by atoms with Gasteiger partial charge in [0.2, 0.25) is 0 Å². The van der Waals surface area contributed by atoms with Gasteiger partial charge < -0.3 is 0 Å². The van der Waals surface area contributed by atoms with Crippen molar-refractivity contribution in [3.05, 3.63) is 132 Å². The Labute approximate surface area is 226 Å². The van der Waals surface area contributed by atoms with E-state index in [-0.39, 0.29) is 33.4 Å². The highest BCUT2D eigenvalue weighted by atomic mass is 19.4. The largest absolute Gasteiger partial charge is 0.416 e. The number of benzene rings is 5. The lowest BCUT2D eigenvalue weighted by molar-refractivity contribution is -0.137. The molecule has 0 spiro atoms. The van der Waals surface area contributed by atoms with Crippen molar-refractivity contribution in [1.29, 1.82) is 0 Å². The van der Waals surface area contributed by atoms with Crippen molar-refractivity contribution in [3.63, 3.8) is 0 Å². The van der Waals surface area contributed by atoms with Gasteiger partial charge >= 0.3 is 6.18 Å². The van der Waals surface area contributed by atoms with Crippen LogP contribution in [0.2, 0.25) is 0 Å².